The maximum absolute atomic E-state index is 5.80. The van der Waals surface area contributed by atoms with Crippen molar-refractivity contribution in [1.29, 1.82) is 0 Å². The van der Waals surface area contributed by atoms with Crippen LogP contribution >= 0.6 is 15.9 Å². The van der Waals surface area contributed by atoms with Crippen molar-refractivity contribution in [2.75, 3.05) is 25.2 Å². The Labute approximate surface area is 112 Å². The van der Waals surface area contributed by atoms with E-state index in [-0.39, 0.29) is 6.10 Å². The first kappa shape index (κ1) is 14.7. The predicted molar refractivity (Wildman–Crippen MR) is 74.9 cm³/mol. The molecule has 2 atom stereocenters. The minimum absolute atomic E-state index is 0.153. The summed E-state index contributed by atoms with van der Waals surface area (Å²) in [4.78, 5) is 0. The summed E-state index contributed by atoms with van der Waals surface area (Å²) >= 11 is 3.54. The summed E-state index contributed by atoms with van der Waals surface area (Å²) in [5.74, 6) is 0.403. The molecule has 0 aliphatic carbocycles. The number of hydrogen-bond donors (Lipinski definition) is 0. The Balaban J connectivity index is 2.38. The molecule has 0 radical (unpaired) electrons. The number of benzene rings is 1. The van der Waals surface area contributed by atoms with Gasteiger partial charge in [0.05, 0.1) is 19.3 Å². The SMILES string of the molecule is CCOCC(C)OCC(CBr)c1ccccc1. The van der Waals surface area contributed by atoms with Crippen LogP contribution in [0.2, 0.25) is 0 Å². The zero-order valence-corrected chi connectivity index (χ0v) is 12.2. The summed E-state index contributed by atoms with van der Waals surface area (Å²) in [7, 11) is 0. The lowest BCUT2D eigenvalue weighted by Gasteiger charge is -2.18. The van der Waals surface area contributed by atoms with Gasteiger partial charge in [0.2, 0.25) is 0 Å². The van der Waals surface area contributed by atoms with Gasteiger partial charge in [-0.15, -0.1) is 0 Å². The average molecular weight is 301 g/mol. The van der Waals surface area contributed by atoms with Crippen LogP contribution in [0, 0.1) is 0 Å². The lowest BCUT2D eigenvalue weighted by Crippen LogP contribution is -2.20. The second-order valence-corrected chi connectivity index (χ2v) is 4.71. The van der Waals surface area contributed by atoms with Gasteiger partial charge in [-0.3, -0.25) is 0 Å². The molecule has 0 fully saturated rings. The zero-order valence-electron chi connectivity index (χ0n) is 10.6. The fraction of sp³-hybridized carbons (Fsp3) is 0.571. The fourth-order valence-electron chi connectivity index (χ4n) is 1.57. The van der Waals surface area contributed by atoms with Crippen molar-refractivity contribution in [3.63, 3.8) is 0 Å². The first-order chi connectivity index (χ1) is 8.27. The average Bonchev–Trinajstić information content (AvgIpc) is 2.38. The van der Waals surface area contributed by atoms with Crippen molar-refractivity contribution in [3.05, 3.63) is 35.9 Å². The van der Waals surface area contributed by atoms with E-state index in [1.54, 1.807) is 0 Å². The molecule has 0 aliphatic heterocycles. The molecule has 2 nitrogen and oxygen atoms in total. The number of alkyl halides is 1. The molecule has 3 heteroatoms. The molecule has 1 aromatic rings. The molecule has 0 N–H and O–H groups in total. The van der Waals surface area contributed by atoms with Crippen molar-refractivity contribution in [3.8, 4) is 0 Å². The van der Waals surface area contributed by atoms with Crippen molar-refractivity contribution in [2.24, 2.45) is 0 Å². The predicted octanol–water partition coefficient (Wildman–Crippen LogP) is 3.61. The lowest BCUT2D eigenvalue weighted by molar-refractivity contribution is -0.00698. The molecular formula is C14H21BrO2. The van der Waals surface area contributed by atoms with Crippen molar-refractivity contribution >= 4 is 15.9 Å². The molecule has 0 aliphatic rings. The number of rotatable bonds is 8. The first-order valence-electron chi connectivity index (χ1n) is 6.08. The highest BCUT2D eigenvalue weighted by atomic mass is 79.9. The van der Waals surface area contributed by atoms with Crippen LogP contribution in [-0.2, 0) is 9.47 Å². The van der Waals surface area contributed by atoms with Gasteiger partial charge in [0.1, 0.15) is 0 Å². The molecule has 0 saturated heterocycles. The van der Waals surface area contributed by atoms with Gasteiger partial charge in [-0.05, 0) is 19.4 Å². The highest BCUT2D eigenvalue weighted by Gasteiger charge is 2.12. The molecule has 0 saturated carbocycles. The molecule has 17 heavy (non-hydrogen) atoms. The van der Waals surface area contributed by atoms with Crippen LogP contribution in [0.15, 0.2) is 30.3 Å². The van der Waals surface area contributed by atoms with Crippen LogP contribution < -0.4 is 0 Å². The summed E-state index contributed by atoms with van der Waals surface area (Å²) in [6.07, 6.45) is 0.153. The van der Waals surface area contributed by atoms with Gasteiger partial charge < -0.3 is 9.47 Å². The van der Waals surface area contributed by atoms with E-state index in [0.717, 1.165) is 18.5 Å². The molecule has 2 unspecified atom stereocenters. The Morgan fingerprint density at radius 2 is 1.88 bits per heavy atom. The van der Waals surface area contributed by atoms with Gasteiger partial charge in [0.25, 0.3) is 0 Å². The third-order valence-corrected chi connectivity index (χ3v) is 3.38. The van der Waals surface area contributed by atoms with Gasteiger partial charge in [-0.25, -0.2) is 0 Å². The van der Waals surface area contributed by atoms with Crippen LogP contribution in [-0.4, -0.2) is 31.3 Å². The van der Waals surface area contributed by atoms with Crippen LogP contribution in [0.1, 0.15) is 25.3 Å². The Morgan fingerprint density at radius 1 is 1.18 bits per heavy atom. The maximum atomic E-state index is 5.80. The lowest BCUT2D eigenvalue weighted by atomic mass is 10.0. The third kappa shape index (κ3) is 5.66. The summed E-state index contributed by atoms with van der Waals surface area (Å²) < 4.78 is 11.1. The molecule has 0 aromatic heterocycles. The van der Waals surface area contributed by atoms with Crippen LogP contribution in [0.5, 0.6) is 0 Å². The largest absolute Gasteiger partial charge is 0.379 e. The monoisotopic (exact) mass is 300 g/mol. The summed E-state index contributed by atoms with van der Waals surface area (Å²) in [5, 5.41) is 0.915. The molecular weight excluding hydrogens is 280 g/mol. The Kier molecular flexibility index (Phi) is 7.49. The van der Waals surface area contributed by atoms with E-state index in [4.69, 9.17) is 9.47 Å². The normalized spacial score (nSPS) is 14.5. The van der Waals surface area contributed by atoms with E-state index >= 15 is 0 Å². The molecule has 0 spiro atoms. The first-order valence-corrected chi connectivity index (χ1v) is 7.20. The number of hydrogen-bond acceptors (Lipinski definition) is 2. The van der Waals surface area contributed by atoms with Crippen molar-refractivity contribution < 1.29 is 9.47 Å². The van der Waals surface area contributed by atoms with E-state index in [1.807, 2.05) is 19.9 Å². The summed E-state index contributed by atoms with van der Waals surface area (Å²) in [6, 6.07) is 10.4. The molecule has 1 aromatic carbocycles. The number of ether oxygens (including phenoxy) is 2. The fourth-order valence-corrected chi connectivity index (χ4v) is 2.13. The van der Waals surface area contributed by atoms with Crippen molar-refractivity contribution in [2.45, 2.75) is 25.9 Å². The Bertz CT molecular complexity index is 290. The van der Waals surface area contributed by atoms with E-state index in [9.17, 15) is 0 Å². The maximum Gasteiger partial charge on any atom is 0.0780 e. The van der Waals surface area contributed by atoms with Gasteiger partial charge in [0.15, 0.2) is 0 Å². The van der Waals surface area contributed by atoms with Gasteiger partial charge in [-0.1, -0.05) is 46.3 Å². The van der Waals surface area contributed by atoms with Crippen LogP contribution in [0.25, 0.3) is 0 Å². The number of halogens is 1. The Hall–Kier alpha value is -0.380. The second kappa shape index (κ2) is 8.67. The second-order valence-electron chi connectivity index (χ2n) is 4.07. The van der Waals surface area contributed by atoms with E-state index in [2.05, 4.69) is 40.2 Å². The van der Waals surface area contributed by atoms with Gasteiger partial charge >= 0.3 is 0 Å². The molecule has 96 valence electrons. The zero-order chi connectivity index (χ0) is 12.5. The Morgan fingerprint density at radius 3 is 2.47 bits per heavy atom. The van der Waals surface area contributed by atoms with Crippen molar-refractivity contribution in [1.82, 2.24) is 0 Å². The minimum atomic E-state index is 0.153. The molecule has 0 bridgehead atoms. The van der Waals surface area contributed by atoms with Crippen LogP contribution in [0.3, 0.4) is 0 Å². The van der Waals surface area contributed by atoms with Gasteiger partial charge in [-0.2, -0.15) is 0 Å². The highest BCUT2D eigenvalue weighted by molar-refractivity contribution is 9.09. The van der Waals surface area contributed by atoms with E-state index < -0.39 is 0 Å². The standard InChI is InChI=1S/C14H21BrO2/c1-3-16-10-12(2)17-11-14(9-15)13-7-5-4-6-8-13/h4-8,12,14H,3,9-11H2,1-2H3. The highest BCUT2D eigenvalue weighted by Crippen LogP contribution is 2.18. The smallest absolute Gasteiger partial charge is 0.0780 e. The topological polar surface area (TPSA) is 18.5 Å². The molecule has 0 amide bonds. The minimum Gasteiger partial charge on any atom is -0.379 e. The summed E-state index contributed by atoms with van der Waals surface area (Å²) in [5.41, 5.74) is 1.31. The van der Waals surface area contributed by atoms with E-state index in [0.29, 0.717) is 12.5 Å². The van der Waals surface area contributed by atoms with Crippen LogP contribution in [0.4, 0.5) is 0 Å². The summed E-state index contributed by atoms with van der Waals surface area (Å²) in [6.45, 7) is 6.18. The van der Waals surface area contributed by atoms with E-state index in [1.165, 1.54) is 5.56 Å². The molecule has 0 heterocycles. The van der Waals surface area contributed by atoms with Gasteiger partial charge in [0, 0.05) is 17.9 Å². The quantitative estimate of drug-likeness (QED) is 0.683. The molecule has 1 rings (SSSR count). The third-order valence-electron chi connectivity index (χ3n) is 2.60.